The molecule has 3 heterocycles. The first kappa shape index (κ1) is 26.8. The van der Waals surface area contributed by atoms with E-state index >= 15 is 0 Å². The van der Waals surface area contributed by atoms with Crippen molar-refractivity contribution in [3.8, 4) is 11.3 Å². The molecule has 0 aliphatic carbocycles. The van der Waals surface area contributed by atoms with Gasteiger partial charge in [0.25, 0.3) is 0 Å². The minimum Gasteiger partial charge on any atom is -0.379 e. The van der Waals surface area contributed by atoms with Gasteiger partial charge in [-0.1, -0.05) is 6.07 Å². The Labute approximate surface area is 223 Å². The quantitative estimate of drug-likeness (QED) is 0.368. The highest BCUT2D eigenvalue weighted by Gasteiger charge is 2.34. The average molecular weight is 559 g/mol. The number of fused-ring (bicyclic) bond motifs is 1. The fourth-order valence-electron chi connectivity index (χ4n) is 4.21. The molecule has 0 saturated carbocycles. The molecule has 1 fully saturated rings. The van der Waals surface area contributed by atoms with E-state index in [4.69, 9.17) is 4.74 Å². The zero-order chi connectivity index (χ0) is 27.8. The van der Waals surface area contributed by atoms with Crippen LogP contribution in [0.15, 0.2) is 65.7 Å². The van der Waals surface area contributed by atoms with Crippen molar-refractivity contribution < 1.29 is 26.3 Å². The third kappa shape index (κ3) is 5.51. The van der Waals surface area contributed by atoms with Crippen molar-refractivity contribution in [3.05, 3.63) is 66.4 Å². The summed E-state index contributed by atoms with van der Waals surface area (Å²) in [6, 6.07) is 13.3. The zero-order valence-corrected chi connectivity index (χ0v) is 21.9. The van der Waals surface area contributed by atoms with E-state index in [1.54, 1.807) is 49.3 Å². The van der Waals surface area contributed by atoms with E-state index in [-0.39, 0.29) is 16.2 Å². The number of anilines is 3. The van der Waals surface area contributed by atoms with E-state index in [0.29, 0.717) is 54.7 Å². The number of hydrogen-bond donors (Lipinski definition) is 1. The second kappa shape index (κ2) is 10.4. The number of ether oxygens (including phenoxy) is 1. The molecule has 2 aromatic heterocycles. The molecule has 4 aromatic rings. The number of pyridine rings is 1. The lowest BCUT2D eigenvalue weighted by molar-refractivity contribution is -0.137. The molecule has 0 atom stereocenters. The molecule has 13 heteroatoms. The van der Waals surface area contributed by atoms with Crippen LogP contribution in [0.1, 0.15) is 5.56 Å². The SMILES string of the molecule is CN(C)c1nc(Nc2ccc(S(=O)(=O)N3CCOCC3)cc2)c2ccc(-c3ncccc3C(F)(F)F)cc2n1. The van der Waals surface area contributed by atoms with Crippen LogP contribution in [0.2, 0.25) is 0 Å². The molecule has 1 aliphatic rings. The number of halogens is 3. The van der Waals surface area contributed by atoms with Crippen LogP contribution in [0, 0.1) is 0 Å². The summed E-state index contributed by atoms with van der Waals surface area (Å²) in [7, 11) is -0.141. The molecule has 39 heavy (non-hydrogen) atoms. The summed E-state index contributed by atoms with van der Waals surface area (Å²) < 4.78 is 73.3. The molecule has 2 aromatic carbocycles. The number of benzene rings is 2. The molecule has 1 N–H and O–H groups in total. The van der Waals surface area contributed by atoms with Crippen LogP contribution in [0.3, 0.4) is 0 Å². The van der Waals surface area contributed by atoms with Crippen molar-refractivity contribution in [3.63, 3.8) is 0 Å². The standard InChI is InChI=1S/C26H25F3N6O3S/c1-34(2)25-32-22-16-17(23-21(26(27,28)29)4-3-11-30-23)5-10-20(22)24(33-25)31-18-6-8-19(9-7-18)39(36,37)35-12-14-38-15-13-35/h3-11,16H,12-15H2,1-2H3,(H,31,32,33). The lowest BCUT2D eigenvalue weighted by Gasteiger charge is -2.26. The summed E-state index contributed by atoms with van der Waals surface area (Å²) in [6.45, 7) is 1.31. The van der Waals surface area contributed by atoms with E-state index in [0.717, 1.165) is 6.07 Å². The number of aromatic nitrogens is 3. The van der Waals surface area contributed by atoms with Crippen molar-refractivity contribution in [1.29, 1.82) is 0 Å². The average Bonchev–Trinajstić information content (AvgIpc) is 2.93. The van der Waals surface area contributed by atoms with Crippen LogP contribution in [-0.4, -0.2) is 68.1 Å². The van der Waals surface area contributed by atoms with Crippen LogP contribution in [0.5, 0.6) is 0 Å². The second-order valence-corrected chi connectivity index (χ2v) is 11.0. The maximum Gasteiger partial charge on any atom is 0.418 e. The highest BCUT2D eigenvalue weighted by molar-refractivity contribution is 7.89. The first-order valence-corrected chi connectivity index (χ1v) is 13.4. The molecule has 1 aliphatic heterocycles. The Morgan fingerprint density at radius 1 is 1.00 bits per heavy atom. The van der Waals surface area contributed by atoms with Gasteiger partial charge in [0.2, 0.25) is 16.0 Å². The van der Waals surface area contributed by atoms with Gasteiger partial charge in [0.1, 0.15) is 5.82 Å². The third-order valence-electron chi connectivity index (χ3n) is 6.20. The van der Waals surface area contributed by atoms with E-state index in [9.17, 15) is 21.6 Å². The van der Waals surface area contributed by atoms with Crippen LogP contribution >= 0.6 is 0 Å². The first-order valence-electron chi connectivity index (χ1n) is 12.0. The number of nitrogens with zero attached hydrogens (tertiary/aromatic N) is 5. The summed E-state index contributed by atoms with van der Waals surface area (Å²) in [5.74, 6) is 0.752. The minimum absolute atomic E-state index is 0.164. The molecule has 1 saturated heterocycles. The van der Waals surface area contributed by atoms with Crippen LogP contribution in [0.4, 0.5) is 30.6 Å². The van der Waals surface area contributed by atoms with Gasteiger partial charge >= 0.3 is 6.18 Å². The Hall–Kier alpha value is -3.81. The number of sulfonamides is 1. The molecule has 0 unspecified atom stereocenters. The summed E-state index contributed by atoms with van der Waals surface area (Å²) in [5.41, 5.74) is 0.232. The molecule has 0 radical (unpaired) electrons. The van der Waals surface area contributed by atoms with E-state index in [1.807, 2.05) is 0 Å². The lowest BCUT2D eigenvalue weighted by Crippen LogP contribution is -2.40. The number of rotatable bonds is 6. The topological polar surface area (TPSA) is 101 Å². The number of morpholine rings is 1. The van der Waals surface area contributed by atoms with Gasteiger partial charge in [0.05, 0.1) is 34.9 Å². The van der Waals surface area contributed by atoms with Crippen molar-refractivity contribution >= 4 is 38.4 Å². The maximum absolute atomic E-state index is 13.6. The molecular weight excluding hydrogens is 533 g/mol. The van der Waals surface area contributed by atoms with Gasteiger partial charge in [-0.25, -0.2) is 13.4 Å². The maximum atomic E-state index is 13.6. The minimum atomic E-state index is -4.56. The van der Waals surface area contributed by atoms with Crippen LogP contribution < -0.4 is 10.2 Å². The van der Waals surface area contributed by atoms with Crippen LogP contribution in [0.25, 0.3) is 22.2 Å². The number of hydrogen-bond acceptors (Lipinski definition) is 8. The molecule has 9 nitrogen and oxygen atoms in total. The summed E-state index contributed by atoms with van der Waals surface area (Å²) >= 11 is 0. The Balaban J connectivity index is 1.50. The van der Waals surface area contributed by atoms with Gasteiger partial charge in [-0.05, 0) is 48.5 Å². The zero-order valence-electron chi connectivity index (χ0n) is 21.1. The van der Waals surface area contributed by atoms with Gasteiger partial charge in [-0.15, -0.1) is 0 Å². The predicted octanol–water partition coefficient (Wildman–Crippen LogP) is 4.54. The molecular formula is C26H25F3N6O3S. The Kier molecular flexibility index (Phi) is 7.14. The Bertz CT molecular complexity index is 1610. The lowest BCUT2D eigenvalue weighted by atomic mass is 10.0. The summed E-state index contributed by atoms with van der Waals surface area (Å²) in [6.07, 6.45) is -3.25. The first-order chi connectivity index (χ1) is 18.5. The highest BCUT2D eigenvalue weighted by Crippen LogP contribution is 2.37. The van der Waals surface area contributed by atoms with Crippen molar-refractivity contribution in [2.24, 2.45) is 0 Å². The summed E-state index contributed by atoms with van der Waals surface area (Å²) in [5, 5.41) is 3.76. The van der Waals surface area contributed by atoms with Crippen molar-refractivity contribution in [2.75, 3.05) is 50.6 Å². The molecule has 204 valence electrons. The second-order valence-electron chi connectivity index (χ2n) is 9.06. The van der Waals surface area contributed by atoms with Gasteiger partial charge in [0, 0.05) is 50.0 Å². The number of alkyl halides is 3. The summed E-state index contributed by atoms with van der Waals surface area (Å²) in [4.78, 5) is 14.9. The van der Waals surface area contributed by atoms with E-state index < -0.39 is 21.8 Å². The van der Waals surface area contributed by atoms with Gasteiger partial charge in [-0.3, -0.25) is 4.98 Å². The van der Waals surface area contributed by atoms with E-state index in [2.05, 4.69) is 20.3 Å². The monoisotopic (exact) mass is 558 g/mol. The predicted molar refractivity (Wildman–Crippen MR) is 141 cm³/mol. The Morgan fingerprint density at radius 2 is 1.72 bits per heavy atom. The number of nitrogens with one attached hydrogen (secondary N) is 1. The molecule has 5 rings (SSSR count). The third-order valence-corrected chi connectivity index (χ3v) is 8.11. The Morgan fingerprint density at radius 3 is 2.38 bits per heavy atom. The van der Waals surface area contributed by atoms with Gasteiger partial charge in [0.15, 0.2) is 0 Å². The van der Waals surface area contributed by atoms with Gasteiger partial charge < -0.3 is 15.0 Å². The fourth-order valence-corrected chi connectivity index (χ4v) is 5.61. The highest BCUT2D eigenvalue weighted by atomic mass is 32.2. The molecule has 0 spiro atoms. The smallest absolute Gasteiger partial charge is 0.379 e. The molecule has 0 amide bonds. The van der Waals surface area contributed by atoms with E-state index in [1.165, 1.54) is 28.7 Å². The van der Waals surface area contributed by atoms with Crippen LogP contribution in [-0.2, 0) is 20.9 Å². The molecule has 0 bridgehead atoms. The fraction of sp³-hybridized carbons (Fsp3) is 0.269. The normalized spacial score (nSPS) is 14.9. The van der Waals surface area contributed by atoms with Gasteiger partial charge in [-0.2, -0.15) is 22.5 Å². The largest absolute Gasteiger partial charge is 0.418 e. The van der Waals surface area contributed by atoms with Crippen molar-refractivity contribution in [1.82, 2.24) is 19.3 Å². The van der Waals surface area contributed by atoms with Crippen molar-refractivity contribution in [2.45, 2.75) is 11.1 Å².